The Morgan fingerprint density at radius 1 is 0.788 bits per heavy atom. The molecule has 0 radical (unpaired) electrons. The fourth-order valence-electron chi connectivity index (χ4n) is 3.55. The molecule has 0 aliphatic carbocycles. The Balaban J connectivity index is 1.59. The van der Waals surface area contributed by atoms with Gasteiger partial charge >= 0.3 is 0 Å². The van der Waals surface area contributed by atoms with Crippen molar-refractivity contribution in [2.45, 2.75) is 6.92 Å². The van der Waals surface area contributed by atoms with Gasteiger partial charge in [-0.3, -0.25) is 4.79 Å². The molecular formula is C24H16F3N5O. The van der Waals surface area contributed by atoms with Crippen LogP contribution in [0.4, 0.5) is 13.2 Å². The Bertz CT molecular complexity index is 1520. The number of aromatic nitrogens is 5. The number of para-hydroxylation sites is 1. The van der Waals surface area contributed by atoms with E-state index in [1.165, 1.54) is 29.1 Å². The molecule has 0 fully saturated rings. The first kappa shape index (κ1) is 20.5. The second-order valence-electron chi connectivity index (χ2n) is 7.39. The predicted octanol–water partition coefficient (Wildman–Crippen LogP) is 4.60. The van der Waals surface area contributed by atoms with E-state index in [0.29, 0.717) is 11.4 Å². The Hall–Kier alpha value is -4.40. The van der Waals surface area contributed by atoms with E-state index in [4.69, 9.17) is 0 Å². The van der Waals surface area contributed by atoms with Gasteiger partial charge in [0.05, 0.1) is 17.1 Å². The number of rotatable bonds is 4. The van der Waals surface area contributed by atoms with Crippen LogP contribution in [0.1, 0.15) is 5.69 Å². The Kier molecular flexibility index (Phi) is 4.93. The molecule has 3 aromatic heterocycles. The third kappa shape index (κ3) is 3.73. The van der Waals surface area contributed by atoms with Gasteiger partial charge in [-0.05, 0) is 37.3 Å². The van der Waals surface area contributed by atoms with E-state index in [0.717, 1.165) is 28.7 Å². The van der Waals surface area contributed by atoms with Crippen LogP contribution in [0.2, 0.25) is 0 Å². The summed E-state index contributed by atoms with van der Waals surface area (Å²) in [6.45, 7) is 1.80. The number of hydrogen-bond acceptors (Lipinski definition) is 3. The molecule has 6 nitrogen and oxygen atoms in total. The summed E-state index contributed by atoms with van der Waals surface area (Å²) in [5.74, 6) is -2.75. The average Bonchev–Trinajstić information content (AvgIpc) is 3.36. The maximum Gasteiger partial charge on any atom is 0.209 e. The second-order valence-corrected chi connectivity index (χ2v) is 7.39. The molecule has 0 saturated carbocycles. The zero-order valence-corrected chi connectivity index (χ0v) is 17.3. The molecule has 164 valence electrons. The van der Waals surface area contributed by atoms with Gasteiger partial charge in [-0.2, -0.15) is 10.2 Å². The summed E-state index contributed by atoms with van der Waals surface area (Å²) in [5.41, 5.74) is 1.95. The minimum atomic E-state index is -1.03. The lowest BCUT2D eigenvalue weighted by Gasteiger charge is -2.11. The van der Waals surface area contributed by atoms with Crippen LogP contribution in [0.5, 0.6) is 0 Å². The fourth-order valence-corrected chi connectivity index (χ4v) is 3.55. The Labute approximate surface area is 185 Å². The molecule has 5 rings (SSSR count). The van der Waals surface area contributed by atoms with E-state index in [1.54, 1.807) is 17.7 Å². The van der Waals surface area contributed by atoms with Crippen molar-refractivity contribution in [1.82, 2.24) is 24.1 Å². The molecule has 0 amide bonds. The van der Waals surface area contributed by atoms with Gasteiger partial charge in [0, 0.05) is 36.4 Å². The van der Waals surface area contributed by atoms with Crippen molar-refractivity contribution in [3.05, 3.63) is 113 Å². The van der Waals surface area contributed by atoms with Gasteiger partial charge in [-0.15, -0.1) is 0 Å². The lowest BCUT2D eigenvalue weighted by atomic mass is 10.2. The van der Waals surface area contributed by atoms with E-state index < -0.39 is 17.5 Å². The van der Waals surface area contributed by atoms with Gasteiger partial charge in [0.1, 0.15) is 5.69 Å². The van der Waals surface area contributed by atoms with Gasteiger partial charge < -0.3 is 4.57 Å². The fraction of sp³-hybridized carbons (Fsp3) is 0.0417. The van der Waals surface area contributed by atoms with E-state index in [2.05, 4.69) is 10.2 Å². The molecule has 5 aromatic rings. The minimum absolute atomic E-state index is 0.0654. The monoisotopic (exact) mass is 447 g/mol. The Morgan fingerprint density at radius 2 is 1.52 bits per heavy atom. The number of halogens is 3. The highest BCUT2D eigenvalue weighted by Gasteiger charge is 2.17. The molecule has 0 unspecified atom stereocenters. The Morgan fingerprint density at radius 3 is 2.21 bits per heavy atom. The first-order valence-electron chi connectivity index (χ1n) is 9.96. The lowest BCUT2D eigenvalue weighted by molar-refractivity contribution is 0.516. The largest absolute Gasteiger partial charge is 0.318 e. The maximum atomic E-state index is 15.0. The van der Waals surface area contributed by atoms with Gasteiger partial charge in [-0.1, -0.05) is 18.2 Å². The van der Waals surface area contributed by atoms with Crippen molar-refractivity contribution in [3.8, 4) is 28.5 Å². The molecule has 0 atom stereocenters. The number of benzene rings is 2. The standard InChI is InChI=1S/C24H16F3N5O/c1-15-11-22(32(28-15)16-5-3-2-4-6-16)24-23(33)9-10-31(29-24)21-8-7-17(12-18(21)25)30-13-19(26)20(27)14-30/h2-14H,1H3. The van der Waals surface area contributed by atoms with Crippen molar-refractivity contribution in [2.75, 3.05) is 0 Å². The summed E-state index contributed by atoms with van der Waals surface area (Å²) in [6, 6.07) is 16.3. The molecular weight excluding hydrogens is 431 g/mol. The van der Waals surface area contributed by atoms with E-state index in [9.17, 15) is 18.0 Å². The van der Waals surface area contributed by atoms with Crippen LogP contribution >= 0.6 is 0 Å². The van der Waals surface area contributed by atoms with E-state index in [1.807, 2.05) is 30.3 Å². The van der Waals surface area contributed by atoms with Crippen LogP contribution in [0.25, 0.3) is 28.5 Å². The third-order valence-corrected chi connectivity index (χ3v) is 5.09. The minimum Gasteiger partial charge on any atom is -0.318 e. The molecule has 9 heteroatoms. The summed E-state index contributed by atoms with van der Waals surface area (Å²) in [5, 5.41) is 8.83. The molecule has 0 saturated heterocycles. The molecule has 33 heavy (non-hydrogen) atoms. The van der Waals surface area contributed by atoms with Crippen LogP contribution in [-0.4, -0.2) is 24.1 Å². The number of hydrogen-bond donors (Lipinski definition) is 0. The molecule has 0 spiro atoms. The van der Waals surface area contributed by atoms with Crippen molar-refractivity contribution in [3.63, 3.8) is 0 Å². The number of nitrogens with zero attached hydrogens (tertiary/aromatic N) is 5. The van der Waals surface area contributed by atoms with Crippen molar-refractivity contribution in [1.29, 1.82) is 0 Å². The summed E-state index contributed by atoms with van der Waals surface area (Å²) >= 11 is 0. The molecule has 2 aromatic carbocycles. The second kappa shape index (κ2) is 7.94. The van der Waals surface area contributed by atoms with Crippen molar-refractivity contribution in [2.24, 2.45) is 0 Å². The van der Waals surface area contributed by atoms with Gasteiger partial charge in [0.2, 0.25) is 5.43 Å². The highest BCUT2D eigenvalue weighted by molar-refractivity contribution is 5.58. The third-order valence-electron chi connectivity index (χ3n) is 5.09. The lowest BCUT2D eigenvalue weighted by Crippen LogP contribution is -2.15. The normalized spacial score (nSPS) is 11.2. The first-order valence-corrected chi connectivity index (χ1v) is 9.96. The smallest absolute Gasteiger partial charge is 0.209 e. The van der Waals surface area contributed by atoms with Gasteiger partial charge in [0.25, 0.3) is 0 Å². The molecule has 0 aliphatic rings. The summed E-state index contributed by atoms with van der Waals surface area (Å²) in [4.78, 5) is 12.7. The molecule has 3 heterocycles. The maximum absolute atomic E-state index is 15.0. The van der Waals surface area contributed by atoms with Crippen LogP contribution in [0.3, 0.4) is 0 Å². The molecule has 0 N–H and O–H groups in total. The summed E-state index contributed by atoms with van der Waals surface area (Å²) in [6.07, 6.45) is 3.20. The summed E-state index contributed by atoms with van der Waals surface area (Å²) in [7, 11) is 0. The average molecular weight is 447 g/mol. The highest BCUT2D eigenvalue weighted by atomic mass is 19.2. The van der Waals surface area contributed by atoms with Gasteiger partial charge in [-0.25, -0.2) is 22.5 Å². The zero-order chi connectivity index (χ0) is 23.1. The van der Waals surface area contributed by atoms with Crippen LogP contribution in [-0.2, 0) is 0 Å². The summed E-state index contributed by atoms with van der Waals surface area (Å²) < 4.78 is 45.6. The topological polar surface area (TPSA) is 57.6 Å². The first-order chi connectivity index (χ1) is 15.9. The van der Waals surface area contributed by atoms with E-state index in [-0.39, 0.29) is 22.5 Å². The zero-order valence-electron chi connectivity index (χ0n) is 17.3. The quantitative estimate of drug-likeness (QED) is 0.405. The van der Waals surface area contributed by atoms with Crippen LogP contribution in [0.15, 0.2) is 84.0 Å². The van der Waals surface area contributed by atoms with Crippen LogP contribution < -0.4 is 5.43 Å². The van der Waals surface area contributed by atoms with E-state index >= 15 is 0 Å². The molecule has 0 bridgehead atoms. The molecule has 0 aliphatic heterocycles. The number of aryl methyl sites for hydroxylation is 1. The van der Waals surface area contributed by atoms with Gasteiger partial charge in [0.15, 0.2) is 23.1 Å². The van der Waals surface area contributed by atoms with Crippen LogP contribution in [0, 0.1) is 24.4 Å². The SMILES string of the molecule is Cc1cc(-c2nn(-c3ccc(-n4cc(F)c(F)c4)cc3F)ccc2=O)n(-c2ccccc2)n1. The predicted molar refractivity (Wildman–Crippen MR) is 116 cm³/mol. The van der Waals surface area contributed by atoms with Crippen molar-refractivity contribution < 1.29 is 13.2 Å². The van der Waals surface area contributed by atoms with Crippen molar-refractivity contribution >= 4 is 0 Å². The highest BCUT2D eigenvalue weighted by Crippen LogP contribution is 2.22.